The van der Waals surface area contributed by atoms with E-state index in [0.717, 1.165) is 36.8 Å². The van der Waals surface area contributed by atoms with Crippen LogP contribution in [0.2, 0.25) is 0 Å². The van der Waals surface area contributed by atoms with Crippen molar-refractivity contribution in [3.8, 4) is 0 Å². The minimum Gasteiger partial charge on any atom is -0.385 e. The monoisotopic (exact) mass is 294 g/mol. The van der Waals surface area contributed by atoms with Crippen molar-refractivity contribution >= 4 is 0 Å². The van der Waals surface area contributed by atoms with E-state index in [0.29, 0.717) is 12.0 Å². The maximum Gasteiger partial charge on any atom is 0.123 e. The van der Waals surface area contributed by atoms with Crippen molar-refractivity contribution in [2.75, 3.05) is 6.61 Å². The second kappa shape index (κ2) is 6.05. The molecule has 2 rings (SSSR count). The lowest BCUT2D eigenvalue weighted by Gasteiger charge is -2.46. The lowest BCUT2D eigenvalue weighted by Crippen LogP contribution is -2.45. The lowest BCUT2D eigenvalue weighted by atomic mass is 9.68. The molecule has 1 unspecified atom stereocenters. The first kappa shape index (κ1) is 16.4. The Morgan fingerprint density at radius 3 is 2.38 bits per heavy atom. The molecular formula is C18H27FO2. The molecule has 0 aromatic heterocycles. The van der Waals surface area contributed by atoms with E-state index in [4.69, 9.17) is 4.74 Å². The maximum atomic E-state index is 13.3. The van der Waals surface area contributed by atoms with Crippen LogP contribution in [0.1, 0.15) is 63.7 Å². The number of aliphatic hydroxyl groups is 1. The Bertz CT molecular complexity index is 486. The highest BCUT2D eigenvalue weighted by Crippen LogP contribution is 2.48. The fraction of sp³-hybridized carbons (Fsp3) is 0.667. The van der Waals surface area contributed by atoms with Gasteiger partial charge in [0.2, 0.25) is 0 Å². The standard InChI is InChI=1S/C18H27FO2/c1-5-21-18(10-8-17(3,4)9-11-18)16(20)15-7-6-14(19)12-13(15)2/h6-7,12,16,20H,5,8-11H2,1-4H3. The summed E-state index contributed by atoms with van der Waals surface area (Å²) in [6, 6.07) is 4.58. The second-order valence-corrected chi connectivity index (χ2v) is 7.07. The van der Waals surface area contributed by atoms with Crippen molar-refractivity contribution in [3.63, 3.8) is 0 Å². The molecule has 1 aliphatic carbocycles. The molecule has 21 heavy (non-hydrogen) atoms. The summed E-state index contributed by atoms with van der Waals surface area (Å²) in [5.74, 6) is -0.265. The molecule has 1 aromatic carbocycles. The van der Waals surface area contributed by atoms with E-state index in [-0.39, 0.29) is 5.82 Å². The van der Waals surface area contributed by atoms with Crippen LogP contribution in [0, 0.1) is 18.2 Å². The third-order valence-corrected chi connectivity index (χ3v) is 4.91. The molecule has 1 atom stereocenters. The van der Waals surface area contributed by atoms with Crippen LogP contribution < -0.4 is 0 Å². The summed E-state index contributed by atoms with van der Waals surface area (Å²) in [6.45, 7) is 8.91. The number of aryl methyl sites for hydroxylation is 1. The quantitative estimate of drug-likeness (QED) is 0.883. The van der Waals surface area contributed by atoms with Gasteiger partial charge in [-0.25, -0.2) is 4.39 Å². The molecular weight excluding hydrogens is 267 g/mol. The van der Waals surface area contributed by atoms with Gasteiger partial charge in [0, 0.05) is 6.61 Å². The number of halogens is 1. The van der Waals surface area contributed by atoms with Gasteiger partial charge in [-0.3, -0.25) is 0 Å². The highest BCUT2D eigenvalue weighted by molar-refractivity contribution is 5.30. The van der Waals surface area contributed by atoms with Crippen molar-refractivity contribution in [1.29, 1.82) is 0 Å². The second-order valence-electron chi connectivity index (χ2n) is 7.07. The average Bonchev–Trinajstić information content (AvgIpc) is 2.41. The van der Waals surface area contributed by atoms with E-state index in [1.807, 2.05) is 13.8 Å². The SMILES string of the molecule is CCOC1(C(O)c2ccc(F)cc2C)CCC(C)(C)CC1. The zero-order valence-corrected chi connectivity index (χ0v) is 13.6. The molecule has 1 saturated carbocycles. The predicted molar refractivity (Wildman–Crippen MR) is 82.7 cm³/mol. The largest absolute Gasteiger partial charge is 0.385 e. The smallest absolute Gasteiger partial charge is 0.123 e. The van der Waals surface area contributed by atoms with Gasteiger partial charge in [-0.15, -0.1) is 0 Å². The van der Waals surface area contributed by atoms with Crippen molar-refractivity contribution in [2.45, 2.75) is 65.1 Å². The third-order valence-electron chi connectivity index (χ3n) is 4.91. The summed E-state index contributed by atoms with van der Waals surface area (Å²) in [7, 11) is 0. The van der Waals surface area contributed by atoms with Crippen molar-refractivity contribution in [2.24, 2.45) is 5.41 Å². The molecule has 118 valence electrons. The van der Waals surface area contributed by atoms with Crippen LogP contribution in [-0.4, -0.2) is 17.3 Å². The first-order chi connectivity index (χ1) is 9.80. The molecule has 0 heterocycles. The molecule has 1 aliphatic rings. The number of hydrogen-bond acceptors (Lipinski definition) is 2. The molecule has 0 bridgehead atoms. The number of hydrogen-bond donors (Lipinski definition) is 1. The molecule has 1 fully saturated rings. The molecule has 0 saturated heterocycles. The normalized spacial score (nSPS) is 22.0. The van der Waals surface area contributed by atoms with Crippen molar-refractivity contribution in [1.82, 2.24) is 0 Å². The average molecular weight is 294 g/mol. The first-order valence-corrected chi connectivity index (χ1v) is 7.88. The fourth-order valence-electron chi connectivity index (χ4n) is 3.36. The first-order valence-electron chi connectivity index (χ1n) is 7.88. The van der Waals surface area contributed by atoms with Crippen LogP contribution in [0.5, 0.6) is 0 Å². The van der Waals surface area contributed by atoms with Gasteiger partial charge in [0.1, 0.15) is 11.9 Å². The number of aliphatic hydroxyl groups excluding tert-OH is 1. The van der Waals surface area contributed by atoms with Gasteiger partial charge in [-0.05, 0) is 68.2 Å². The Morgan fingerprint density at radius 1 is 1.24 bits per heavy atom. The Hall–Kier alpha value is -0.930. The van der Waals surface area contributed by atoms with E-state index in [1.54, 1.807) is 6.07 Å². The molecule has 1 aromatic rings. The van der Waals surface area contributed by atoms with Gasteiger partial charge < -0.3 is 9.84 Å². The number of benzene rings is 1. The van der Waals surface area contributed by atoms with Crippen LogP contribution in [0.25, 0.3) is 0 Å². The van der Waals surface area contributed by atoms with Gasteiger partial charge in [-0.1, -0.05) is 19.9 Å². The van der Waals surface area contributed by atoms with Crippen molar-refractivity contribution in [3.05, 3.63) is 35.1 Å². The summed E-state index contributed by atoms with van der Waals surface area (Å²) in [5, 5.41) is 10.9. The van der Waals surface area contributed by atoms with E-state index < -0.39 is 11.7 Å². The maximum absolute atomic E-state index is 13.3. The summed E-state index contributed by atoms with van der Waals surface area (Å²) in [5.41, 5.74) is 1.33. The van der Waals surface area contributed by atoms with Gasteiger partial charge >= 0.3 is 0 Å². The summed E-state index contributed by atoms with van der Waals surface area (Å²) >= 11 is 0. The number of rotatable bonds is 4. The molecule has 0 amide bonds. The van der Waals surface area contributed by atoms with E-state index in [9.17, 15) is 9.50 Å². The Balaban J connectivity index is 2.29. The van der Waals surface area contributed by atoms with Crippen LogP contribution in [0.15, 0.2) is 18.2 Å². The summed E-state index contributed by atoms with van der Waals surface area (Å²) < 4.78 is 19.3. The topological polar surface area (TPSA) is 29.5 Å². The van der Waals surface area contributed by atoms with Gasteiger partial charge in [0.05, 0.1) is 5.60 Å². The predicted octanol–water partition coefficient (Wildman–Crippen LogP) is 4.54. The molecule has 0 radical (unpaired) electrons. The van der Waals surface area contributed by atoms with E-state index in [2.05, 4.69) is 13.8 Å². The van der Waals surface area contributed by atoms with E-state index in [1.165, 1.54) is 12.1 Å². The lowest BCUT2D eigenvalue weighted by molar-refractivity contribution is -0.153. The zero-order chi connectivity index (χ0) is 15.7. The van der Waals surface area contributed by atoms with Crippen LogP contribution >= 0.6 is 0 Å². The van der Waals surface area contributed by atoms with Crippen LogP contribution in [0.4, 0.5) is 4.39 Å². The third kappa shape index (κ3) is 3.46. The van der Waals surface area contributed by atoms with Crippen molar-refractivity contribution < 1.29 is 14.2 Å². The molecule has 3 heteroatoms. The molecule has 1 N–H and O–H groups in total. The minimum atomic E-state index is -0.700. The molecule has 2 nitrogen and oxygen atoms in total. The minimum absolute atomic E-state index is 0.265. The van der Waals surface area contributed by atoms with Crippen LogP contribution in [0.3, 0.4) is 0 Å². The Kier molecular flexibility index (Phi) is 4.74. The van der Waals surface area contributed by atoms with Gasteiger partial charge in [0.25, 0.3) is 0 Å². The van der Waals surface area contributed by atoms with Crippen LogP contribution in [-0.2, 0) is 4.74 Å². The zero-order valence-electron chi connectivity index (χ0n) is 13.6. The fourth-order valence-corrected chi connectivity index (χ4v) is 3.36. The van der Waals surface area contributed by atoms with Gasteiger partial charge in [-0.2, -0.15) is 0 Å². The molecule has 0 aliphatic heterocycles. The van der Waals surface area contributed by atoms with Gasteiger partial charge in [0.15, 0.2) is 0 Å². The highest BCUT2D eigenvalue weighted by Gasteiger charge is 2.45. The number of ether oxygens (including phenoxy) is 1. The Morgan fingerprint density at radius 2 is 1.86 bits per heavy atom. The molecule has 0 spiro atoms. The Labute approximate surface area is 127 Å². The van der Waals surface area contributed by atoms with E-state index >= 15 is 0 Å². The summed E-state index contributed by atoms with van der Waals surface area (Å²) in [4.78, 5) is 0. The highest BCUT2D eigenvalue weighted by atomic mass is 19.1. The summed E-state index contributed by atoms with van der Waals surface area (Å²) in [6.07, 6.45) is 3.04.